The van der Waals surface area contributed by atoms with Gasteiger partial charge in [-0.15, -0.1) is 0 Å². The van der Waals surface area contributed by atoms with Gasteiger partial charge in [-0.05, 0) is 43.3 Å². The van der Waals surface area contributed by atoms with Crippen molar-refractivity contribution in [2.75, 3.05) is 21.3 Å². The van der Waals surface area contributed by atoms with Gasteiger partial charge in [0.2, 0.25) is 11.6 Å². The van der Waals surface area contributed by atoms with Crippen molar-refractivity contribution in [3.05, 3.63) is 82.6 Å². The Balaban J connectivity index is 1.62. The Morgan fingerprint density at radius 2 is 1.69 bits per heavy atom. The third-order valence-corrected chi connectivity index (χ3v) is 6.03. The van der Waals surface area contributed by atoms with E-state index in [0.717, 1.165) is 5.39 Å². The average Bonchev–Trinajstić information content (AvgIpc) is 3.40. The lowest BCUT2D eigenvalue weighted by atomic mass is 10.2. The summed E-state index contributed by atoms with van der Waals surface area (Å²) in [4.78, 5) is 30.1. The zero-order chi connectivity index (χ0) is 27.5. The molecule has 3 aromatic carbocycles. The van der Waals surface area contributed by atoms with Crippen LogP contribution in [0.2, 0.25) is 0 Å². The Hall–Kier alpha value is -5.12. The van der Waals surface area contributed by atoms with Gasteiger partial charge in [-0.2, -0.15) is 9.78 Å². The number of carbonyl (C=O) groups excluding carboxylic acids is 1. The van der Waals surface area contributed by atoms with E-state index in [1.54, 1.807) is 37.3 Å². The van der Waals surface area contributed by atoms with Gasteiger partial charge in [0.05, 0.1) is 38.4 Å². The lowest BCUT2D eigenvalue weighted by Crippen LogP contribution is -2.25. The fourth-order valence-electron chi connectivity index (χ4n) is 4.09. The van der Waals surface area contributed by atoms with Crippen LogP contribution in [0.1, 0.15) is 12.5 Å². The summed E-state index contributed by atoms with van der Waals surface area (Å²) in [5.74, 6) is 0.915. The molecule has 0 aliphatic carbocycles. The first-order valence-corrected chi connectivity index (χ1v) is 12.0. The molecular formula is C29H25N3O7. The second-order valence-corrected chi connectivity index (χ2v) is 8.50. The van der Waals surface area contributed by atoms with E-state index in [2.05, 4.69) is 5.10 Å². The van der Waals surface area contributed by atoms with E-state index in [4.69, 9.17) is 28.3 Å². The number of ether oxygens (including phenoxy) is 4. The number of rotatable bonds is 8. The second kappa shape index (κ2) is 10.7. The third-order valence-electron chi connectivity index (χ3n) is 6.03. The SMILES string of the molecule is COC(=O)[C@H](C)Oc1c(OC)cc(C=Nn2c(-c3cc4ccccc4o3)nc3ccccc3c2=O)cc1OC. The van der Waals surface area contributed by atoms with Crippen molar-refractivity contribution in [2.45, 2.75) is 13.0 Å². The number of methoxy groups -OCH3 is 3. The van der Waals surface area contributed by atoms with E-state index in [-0.39, 0.29) is 17.1 Å². The molecule has 1 atom stereocenters. The van der Waals surface area contributed by atoms with Gasteiger partial charge in [0.15, 0.2) is 23.4 Å². The van der Waals surface area contributed by atoms with Crippen molar-refractivity contribution >= 4 is 34.1 Å². The van der Waals surface area contributed by atoms with E-state index in [9.17, 15) is 9.59 Å². The van der Waals surface area contributed by atoms with E-state index >= 15 is 0 Å². The number of hydrogen-bond donors (Lipinski definition) is 0. The number of para-hydroxylation sites is 2. The maximum absolute atomic E-state index is 13.5. The molecule has 0 unspecified atom stereocenters. The summed E-state index contributed by atoms with van der Waals surface area (Å²) in [6, 6.07) is 19.7. The summed E-state index contributed by atoms with van der Waals surface area (Å²) in [5.41, 5.74) is 1.36. The van der Waals surface area contributed by atoms with Gasteiger partial charge in [-0.25, -0.2) is 9.78 Å². The van der Waals surface area contributed by atoms with Crippen molar-refractivity contribution in [1.82, 2.24) is 9.66 Å². The highest BCUT2D eigenvalue weighted by Crippen LogP contribution is 2.39. The fourth-order valence-corrected chi connectivity index (χ4v) is 4.09. The molecule has 5 rings (SSSR count). The molecule has 0 saturated carbocycles. The van der Waals surface area contributed by atoms with Gasteiger partial charge in [-0.1, -0.05) is 30.3 Å². The van der Waals surface area contributed by atoms with Gasteiger partial charge in [0.25, 0.3) is 5.56 Å². The molecule has 0 N–H and O–H groups in total. The zero-order valence-corrected chi connectivity index (χ0v) is 21.7. The van der Waals surface area contributed by atoms with Crippen LogP contribution in [0.15, 0.2) is 81.0 Å². The zero-order valence-electron chi connectivity index (χ0n) is 21.7. The van der Waals surface area contributed by atoms with E-state index in [1.807, 2.05) is 36.4 Å². The molecule has 198 valence electrons. The molecule has 2 heterocycles. The number of fused-ring (bicyclic) bond motifs is 2. The summed E-state index contributed by atoms with van der Waals surface area (Å²) in [7, 11) is 4.20. The molecule has 39 heavy (non-hydrogen) atoms. The Labute approximate surface area is 223 Å². The van der Waals surface area contributed by atoms with Crippen LogP contribution >= 0.6 is 0 Å². The molecule has 0 aliphatic rings. The molecule has 0 bridgehead atoms. The van der Waals surface area contributed by atoms with Crippen molar-refractivity contribution in [2.24, 2.45) is 5.10 Å². The lowest BCUT2D eigenvalue weighted by molar-refractivity contribution is -0.148. The molecular weight excluding hydrogens is 502 g/mol. The van der Waals surface area contributed by atoms with Gasteiger partial charge >= 0.3 is 5.97 Å². The van der Waals surface area contributed by atoms with Gasteiger partial charge in [0, 0.05) is 10.9 Å². The van der Waals surface area contributed by atoms with Crippen molar-refractivity contribution in [3.63, 3.8) is 0 Å². The minimum absolute atomic E-state index is 0.225. The number of hydrogen-bond acceptors (Lipinski definition) is 9. The first kappa shape index (κ1) is 25.5. The van der Waals surface area contributed by atoms with Crippen molar-refractivity contribution in [3.8, 4) is 28.8 Å². The molecule has 0 aliphatic heterocycles. The minimum atomic E-state index is -0.897. The normalized spacial score (nSPS) is 12.1. The number of aromatic nitrogens is 2. The van der Waals surface area contributed by atoms with Crippen LogP contribution in [0, 0.1) is 0 Å². The van der Waals surface area contributed by atoms with Gasteiger partial charge in [0.1, 0.15) is 5.58 Å². The largest absolute Gasteiger partial charge is 0.493 e. The summed E-state index contributed by atoms with van der Waals surface area (Å²) >= 11 is 0. The molecule has 0 spiro atoms. The van der Waals surface area contributed by atoms with Crippen LogP contribution < -0.4 is 19.8 Å². The Morgan fingerprint density at radius 1 is 1.00 bits per heavy atom. The smallest absolute Gasteiger partial charge is 0.346 e. The van der Waals surface area contributed by atoms with E-state index in [1.165, 1.54) is 32.2 Å². The summed E-state index contributed by atoms with van der Waals surface area (Å²) in [6.45, 7) is 1.55. The quantitative estimate of drug-likeness (QED) is 0.212. The molecule has 5 aromatic rings. The molecule has 0 amide bonds. The fraction of sp³-hybridized carbons (Fsp3) is 0.172. The lowest BCUT2D eigenvalue weighted by Gasteiger charge is -2.18. The number of benzene rings is 3. The molecule has 10 heteroatoms. The standard InChI is InChI=1S/C29H25N3O7/c1-17(29(34)37-4)38-26-23(35-2)13-18(14-24(26)36-3)16-30-32-27(25-15-19-9-5-8-12-22(19)39-25)31-21-11-7-6-10-20(21)28(32)33/h5-17H,1-4H3/t17-/m0/s1. The van der Waals surface area contributed by atoms with Crippen LogP contribution in [0.5, 0.6) is 17.2 Å². The van der Waals surface area contributed by atoms with Gasteiger partial charge < -0.3 is 23.4 Å². The Bertz CT molecular complexity index is 1710. The molecule has 0 radical (unpaired) electrons. The van der Waals surface area contributed by atoms with Crippen LogP contribution in [-0.4, -0.2) is 49.3 Å². The number of furan rings is 1. The topological polar surface area (TPSA) is 114 Å². The maximum Gasteiger partial charge on any atom is 0.346 e. The Kier molecular flexibility index (Phi) is 7.00. The van der Waals surface area contributed by atoms with Gasteiger partial charge in [-0.3, -0.25) is 4.79 Å². The summed E-state index contributed by atoms with van der Waals surface area (Å²) in [6.07, 6.45) is 0.577. The number of esters is 1. The predicted molar refractivity (Wildman–Crippen MR) is 146 cm³/mol. The number of nitrogens with zero attached hydrogens (tertiary/aromatic N) is 3. The molecule has 0 saturated heterocycles. The summed E-state index contributed by atoms with van der Waals surface area (Å²) < 4.78 is 28.7. The summed E-state index contributed by atoms with van der Waals surface area (Å²) in [5, 5.41) is 5.77. The molecule has 2 aromatic heterocycles. The molecule has 0 fully saturated rings. The average molecular weight is 528 g/mol. The minimum Gasteiger partial charge on any atom is -0.493 e. The van der Waals surface area contributed by atoms with E-state index in [0.29, 0.717) is 39.3 Å². The first-order chi connectivity index (χ1) is 18.9. The third kappa shape index (κ3) is 4.91. The van der Waals surface area contributed by atoms with Crippen LogP contribution in [0.25, 0.3) is 33.5 Å². The second-order valence-electron chi connectivity index (χ2n) is 8.50. The van der Waals surface area contributed by atoms with E-state index < -0.39 is 12.1 Å². The highest BCUT2D eigenvalue weighted by molar-refractivity contribution is 5.85. The highest BCUT2D eigenvalue weighted by atomic mass is 16.6. The monoisotopic (exact) mass is 527 g/mol. The van der Waals surface area contributed by atoms with Crippen LogP contribution in [0.4, 0.5) is 0 Å². The number of carbonyl (C=O) groups is 1. The predicted octanol–water partition coefficient (Wildman–Crippen LogP) is 4.65. The maximum atomic E-state index is 13.5. The first-order valence-electron chi connectivity index (χ1n) is 12.0. The molecule has 10 nitrogen and oxygen atoms in total. The Morgan fingerprint density at radius 3 is 2.38 bits per heavy atom. The van der Waals surface area contributed by atoms with Crippen molar-refractivity contribution < 1.29 is 28.2 Å². The van der Waals surface area contributed by atoms with Crippen LogP contribution in [-0.2, 0) is 9.53 Å². The van der Waals surface area contributed by atoms with Crippen LogP contribution in [0.3, 0.4) is 0 Å². The van der Waals surface area contributed by atoms with Crippen molar-refractivity contribution in [1.29, 1.82) is 0 Å². The highest BCUT2D eigenvalue weighted by Gasteiger charge is 2.22.